The Hall–Kier alpha value is -1.71. The van der Waals surface area contributed by atoms with Crippen molar-refractivity contribution in [1.82, 2.24) is 0 Å². The molecular weight excluding hydrogens is 184 g/mol. The zero-order valence-electron chi connectivity index (χ0n) is 7.82. The van der Waals surface area contributed by atoms with Crippen LogP contribution in [-0.2, 0) is 6.42 Å². The predicted octanol–water partition coefficient (Wildman–Crippen LogP) is 1.75. The third-order valence-corrected chi connectivity index (χ3v) is 1.97. The number of carbonyl (C=O) groups is 1. The van der Waals surface area contributed by atoms with E-state index in [1.165, 1.54) is 12.1 Å². The lowest BCUT2D eigenvalue weighted by Gasteiger charge is -2.07. The van der Waals surface area contributed by atoms with Gasteiger partial charge >= 0.3 is 5.97 Å². The molecule has 0 spiro atoms. The van der Waals surface area contributed by atoms with E-state index >= 15 is 0 Å². The van der Waals surface area contributed by atoms with Crippen LogP contribution in [0.3, 0.4) is 0 Å². The Morgan fingerprint density at radius 1 is 1.36 bits per heavy atom. The number of phenols is 2. The Kier molecular flexibility index (Phi) is 2.96. The van der Waals surface area contributed by atoms with Gasteiger partial charge < -0.3 is 15.3 Å². The van der Waals surface area contributed by atoms with Crippen LogP contribution >= 0.6 is 0 Å². The smallest absolute Gasteiger partial charge is 0.343 e. The second-order valence-electron chi connectivity index (χ2n) is 3.02. The Morgan fingerprint density at radius 3 is 2.50 bits per heavy atom. The summed E-state index contributed by atoms with van der Waals surface area (Å²) in [7, 11) is 0. The summed E-state index contributed by atoms with van der Waals surface area (Å²) in [6, 6.07) is 2.81. The van der Waals surface area contributed by atoms with Gasteiger partial charge in [0.2, 0.25) is 0 Å². The maximum atomic E-state index is 10.7. The molecule has 0 unspecified atom stereocenters. The Morgan fingerprint density at radius 2 is 2.00 bits per heavy atom. The van der Waals surface area contributed by atoms with Gasteiger partial charge in [-0.3, -0.25) is 0 Å². The van der Waals surface area contributed by atoms with E-state index in [1.807, 2.05) is 6.92 Å². The number of benzene rings is 1. The molecule has 76 valence electrons. The number of aryl methyl sites for hydroxylation is 1. The highest BCUT2D eigenvalue weighted by Crippen LogP contribution is 2.31. The molecule has 0 heterocycles. The van der Waals surface area contributed by atoms with Crippen LogP contribution in [0.25, 0.3) is 0 Å². The van der Waals surface area contributed by atoms with E-state index in [0.717, 1.165) is 6.42 Å². The fourth-order valence-electron chi connectivity index (χ4n) is 1.31. The van der Waals surface area contributed by atoms with E-state index < -0.39 is 17.3 Å². The molecule has 0 aromatic heterocycles. The van der Waals surface area contributed by atoms with Gasteiger partial charge in [-0.2, -0.15) is 0 Å². The van der Waals surface area contributed by atoms with E-state index in [-0.39, 0.29) is 5.75 Å². The first-order valence-electron chi connectivity index (χ1n) is 4.35. The molecule has 0 saturated heterocycles. The molecule has 1 aromatic carbocycles. The number of hydrogen-bond donors (Lipinski definition) is 3. The Balaban J connectivity index is 3.26. The van der Waals surface area contributed by atoms with Crippen LogP contribution < -0.4 is 0 Å². The fraction of sp³-hybridized carbons (Fsp3) is 0.300. The second kappa shape index (κ2) is 4.00. The highest BCUT2D eigenvalue weighted by molar-refractivity contribution is 5.94. The van der Waals surface area contributed by atoms with Gasteiger partial charge in [0.25, 0.3) is 0 Å². The lowest BCUT2D eigenvalue weighted by Crippen LogP contribution is -1.99. The summed E-state index contributed by atoms with van der Waals surface area (Å²) in [5.74, 6) is -2.06. The van der Waals surface area contributed by atoms with Crippen LogP contribution in [0, 0.1) is 0 Å². The molecule has 1 aromatic rings. The maximum absolute atomic E-state index is 10.7. The van der Waals surface area contributed by atoms with Crippen LogP contribution in [0.5, 0.6) is 11.5 Å². The molecule has 3 N–H and O–H groups in total. The standard InChI is InChI=1S/C10H12O4/c1-2-3-6-4-5-7(11)8(9(6)12)10(13)14/h4-5,11-12H,2-3H2,1H3,(H,13,14). The van der Waals surface area contributed by atoms with Gasteiger partial charge in [0.15, 0.2) is 0 Å². The minimum Gasteiger partial charge on any atom is -0.507 e. The normalized spacial score (nSPS) is 10.1. The molecule has 0 aliphatic carbocycles. The van der Waals surface area contributed by atoms with Crippen molar-refractivity contribution in [3.8, 4) is 11.5 Å². The number of carboxylic acid groups (broad SMARTS) is 1. The molecule has 1 rings (SSSR count). The highest BCUT2D eigenvalue weighted by atomic mass is 16.4. The first-order chi connectivity index (χ1) is 6.57. The predicted molar refractivity (Wildman–Crippen MR) is 50.7 cm³/mol. The summed E-state index contributed by atoms with van der Waals surface area (Å²) in [5, 5.41) is 27.5. The fourth-order valence-corrected chi connectivity index (χ4v) is 1.31. The summed E-state index contributed by atoms with van der Waals surface area (Å²) in [4.78, 5) is 10.7. The van der Waals surface area contributed by atoms with Crippen LogP contribution in [0.15, 0.2) is 12.1 Å². The highest BCUT2D eigenvalue weighted by Gasteiger charge is 2.17. The Bertz CT molecular complexity index is 357. The average Bonchev–Trinajstić information content (AvgIpc) is 2.10. The quantitative estimate of drug-likeness (QED) is 0.688. The van der Waals surface area contributed by atoms with Crippen molar-refractivity contribution < 1.29 is 20.1 Å². The number of aromatic carboxylic acids is 1. The average molecular weight is 196 g/mol. The molecule has 0 amide bonds. The largest absolute Gasteiger partial charge is 0.507 e. The minimum absolute atomic E-state index is 0.334. The van der Waals surface area contributed by atoms with Crippen molar-refractivity contribution >= 4 is 5.97 Å². The topological polar surface area (TPSA) is 77.8 Å². The van der Waals surface area contributed by atoms with Gasteiger partial charge in [-0.15, -0.1) is 0 Å². The molecule has 0 aliphatic rings. The lowest BCUT2D eigenvalue weighted by atomic mass is 10.0. The van der Waals surface area contributed by atoms with E-state index in [2.05, 4.69) is 0 Å². The van der Waals surface area contributed by atoms with Crippen molar-refractivity contribution in [1.29, 1.82) is 0 Å². The Labute approximate surface area is 81.4 Å². The van der Waals surface area contributed by atoms with Gasteiger partial charge in [0.05, 0.1) is 0 Å². The zero-order chi connectivity index (χ0) is 10.7. The van der Waals surface area contributed by atoms with Crippen LogP contribution in [0.1, 0.15) is 29.3 Å². The van der Waals surface area contributed by atoms with Gasteiger partial charge in [-0.1, -0.05) is 19.4 Å². The molecule has 0 saturated carbocycles. The molecule has 0 bridgehead atoms. The molecule has 0 radical (unpaired) electrons. The molecule has 0 aliphatic heterocycles. The number of aromatic hydroxyl groups is 2. The minimum atomic E-state index is -1.32. The van der Waals surface area contributed by atoms with Crippen molar-refractivity contribution in [2.45, 2.75) is 19.8 Å². The van der Waals surface area contributed by atoms with E-state index in [0.29, 0.717) is 12.0 Å². The van der Waals surface area contributed by atoms with Crippen molar-refractivity contribution in [3.63, 3.8) is 0 Å². The first kappa shape index (κ1) is 10.4. The van der Waals surface area contributed by atoms with Crippen LogP contribution in [0.2, 0.25) is 0 Å². The zero-order valence-corrected chi connectivity index (χ0v) is 7.82. The summed E-state index contributed by atoms with van der Waals surface area (Å²) < 4.78 is 0. The summed E-state index contributed by atoms with van der Waals surface area (Å²) in [6.45, 7) is 1.92. The maximum Gasteiger partial charge on any atom is 0.343 e. The van der Waals surface area contributed by atoms with Gasteiger partial charge in [-0.25, -0.2) is 4.79 Å². The summed E-state index contributed by atoms with van der Waals surface area (Å²) in [6.07, 6.45) is 1.39. The van der Waals surface area contributed by atoms with Gasteiger partial charge in [0.1, 0.15) is 17.1 Å². The van der Waals surface area contributed by atoms with E-state index in [1.54, 1.807) is 0 Å². The first-order valence-corrected chi connectivity index (χ1v) is 4.35. The number of carboxylic acids is 1. The van der Waals surface area contributed by atoms with Crippen molar-refractivity contribution in [2.75, 3.05) is 0 Å². The van der Waals surface area contributed by atoms with Gasteiger partial charge in [0, 0.05) is 0 Å². The number of rotatable bonds is 3. The van der Waals surface area contributed by atoms with Crippen LogP contribution in [-0.4, -0.2) is 21.3 Å². The molecule has 0 fully saturated rings. The van der Waals surface area contributed by atoms with Crippen LogP contribution in [0.4, 0.5) is 0 Å². The van der Waals surface area contributed by atoms with E-state index in [4.69, 9.17) is 5.11 Å². The van der Waals surface area contributed by atoms with E-state index in [9.17, 15) is 15.0 Å². The molecule has 0 atom stereocenters. The monoisotopic (exact) mass is 196 g/mol. The molecule has 4 nitrogen and oxygen atoms in total. The SMILES string of the molecule is CCCc1ccc(O)c(C(=O)O)c1O. The third-order valence-electron chi connectivity index (χ3n) is 1.97. The second-order valence-corrected chi connectivity index (χ2v) is 3.02. The lowest BCUT2D eigenvalue weighted by molar-refractivity contribution is 0.0690. The van der Waals surface area contributed by atoms with Crippen molar-refractivity contribution in [3.05, 3.63) is 23.3 Å². The molecular formula is C10H12O4. The van der Waals surface area contributed by atoms with Crippen molar-refractivity contribution in [2.24, 2.45) is 0 Å². The summed E-state index contributed by atoms with van der Waals surface area (Å²) in [5.41, 5.74) is 0.124. The molecule has 14 heavy (non-hydrogen) atoms. The van der Waals surface area contributed by atoms with Gasteiger partial charge in [-0.05, 0) is 18.1 Å². The number of hydrogen-bond acceptors (Lipinski definition) is 3. The molecule has 4 heteroatoms. The summed E-state index contributed by atoms with van der Waals surface area (Å²) >= 11 is 0. The third kappa shape index (κ3) is 1.79.